The maximum atomic E-state index is 11.7. The highest BCUT2D eigenvalue weighted by Crippen LogP contribution is 2.26. The van der Waals surface area contributed by atoms with E-state index in [4.69, 9.17) is 11.6 Å². The normalized spacial score (nSPS) is 10.1. The summed E-state index contributed by atoms with van der Waals surface area (Å²) in [5.41, 5.74) is 1.20. The van der Waals surface area contributed by atoms with Crippen LogP contribution < -0.4 is 5.32 Å². The van der Waals surface area contributed by atoms with Crippen LogP contribution in [0.3, 0.4) is 0 Å². The molecule has 16 heavy (non-hydrogen) atoms. The maximum absolute atomic E-state index is 11.7. The number of amides is 1. The van der Waals surface area contributed by atoms with Gasteiger partial charge in [-0.1, -0.05) is 11.6 Å². The first-order valence-corrected chi connectivity index (χ1v) is 5.74. The first-order chi connectivity index (χ1) is 7.66. The fraction of sp³-hybridized carbons (Fsp3) is 0. The average molecular weight is 300 g/mol. The Morgan fingerprint density at radius 1 is 1.38 bits per heavy atom. The van der Waals surface area contributed by atoms with Crippen molar-refractivity contribution in [2.45, 2.75) is 0 Å². The standard InChI is InChI=1S/C11H8BrClN2O/c12-8-6-7(13)3-4-9(8)15-11(16)10-2-1-5-14-10/h1-6,14H,(H,15,16). The Morgan fingerprint density at radius 3 is 2.81 bits per heavy atom. The third-order valence-corrected chi connectivity index (χ3v) is 2.91. The van der Waals surface area contributed by atoms with E-state index in [1.54, 1.807) is 36.5 Å². The molecule has 0 spiro atoms. The van der Waals surface area contributed by atoms with Crippen LogP contribution in [0.4, 0.5) is 5.69 Å². The minimum Gasteiger partial charge on any atom is -0.357 e. The minimum absolute atomic E-state index is 0.187. The Morgan fingerprint density at radius 2 is 2.19 bits per heavy atom. The zero-order valence-electron chi connectivity index (χ0n) is 8.13. The Kier molecular flexibility index (Phi) is 3.31. The van der Waals surface area contributed by atoms with E-state index in [9.17, 15) is 4.79 Å². The van der Waals surface area contributed by atoms with Crippen molar-refractivity contribution < 1.29 is 4.79 Å². The molecule has 2 rings (SSSR count). The van der Waals surface area contributed by atoms with Crippen LogP contribution in [0.1, 0.15) is 10.5 Å². The number of rotatable bonds is 2. The molecule has 82 valence electrons. The smallest absolute Gasteiger partial charge is 0.272 e. The molecular weight excluding hydrogens is 291 g/mol. The number of nitrogens with one attached hydrogen (secondary N) is 2. The number of anilines is 1. The number of carbonyl (C=O) groups is 1. The van der Waals surface area contributed by atoms with Crippen molar-refractivity contribution >= 4 is 39.1 Å². The van der Waals surface area contributed by atoms with Crippen LogP contribution in [0.15, 0.2) is 41.0 Å². The predicted molar refractivity (Wildman–Crippen MR) is 67.9 cm³/mol. The maximum Gasteiger partial charge on any atom is 0.272 e. The van der Waals surface area contributed by atoms with Crippen molar-refractivity contribution in [2.75, 3.05) is 5.32 Å². The molecule has 0 atom stereocenters. The van der Waals surface area contributed by atoms with Gasteiger partial charge in [-0.3, -0.25) is 4.79 Å². The van der Waals surface area contributed by atoms with Crippen molar-refractivity contribution in [2.24, 2.45) is 0 Å². The Hall–Kier alpha value is -1.26. The van der Waals surface area contributed by atoms with Crippen LogP contribution in [-0.2, 0) is 0 Å². The van der Waals surface area contributed by atoms with Gasteiger partial charge in [0.1, 0.15) is 5.69 Å². The molecule has 2 aromatic rings. The van der Waals surface area contributed by atoms with Crippen molar-refractivity contribution in [1.82, 2.24) is 4.98 Å². The summed E-state index contributed by atoms with van der Waals surface area (Å²) < 4.78 is 0.750. The summed E-state index contributed by atoms with van der Waals surface area (Å²) in [7, 11) is 0. The molecule has 1 aromatic heterocycles. The van der Waals surface area contributed by atoms with E-state index in [0.29, 0.717) is 16.4 Å². The number of H-pyrrole nitrogens is 1. The lowest BCUT2D eigenvalue weighted by atomic mass is 10.3. The third-order valence-electron chi connectivity index (χ3n) is 2.02. The van der Waals surface area contributed by atoms with Gasteiger partial charge in [-0.15, -0.1) is 0 Å². The fourth-order valence-electron chi connectivity index (χ4n) is 1.25. The lowest BCUT2D eigenvalue weighted by molar-refractivity contribution is 0.102. The van der Waals surface area contributed by atoms with Gasteiger partial charge in [0, 0.05) is 15.7 Å². The molecular formula is C11H8BrClN2O. The molecule has 1 aromatic carbocycles. The fourth-order valence-corrected chi connectivity index (χ4v) is 2.03. The van der Waals surface area contributed by atoms with Gasteiger partial charge in [0.15, 0.2) is 0 Å². The highest BCUT2D eigenvalue weighted by atomic mass is 79.9. The molecule has 0 aliphatic carbocycles. The number of halogens is 2. The van der Waals surface area contributed by atoms with Crippen LogP contribution in [0.2, 0.25) is 5.02 Å². The lowest BCUT2D eigenvalue weighted by Crippen LogP contribution is -2.12. The van der Waals surface area contributed by atoms with Gasteiger partial charge in [0.25, 0.3) is 5.91 Å². The molecule has 1 heterocycles. The average Bonchev–Trinajstić information content (AvgIpc) is 2.75. The summed E-state index contributed by atoms with van der Waals surface area (Å²) >= 11 is 9.13. The second kappa shape index (κ2) is 4.72. The monoisotopic (exact) mass is 298 g/mol. The van der Waals surface area contributed by atoms with Crippen molar-refractivity contribution in [3.8, 4) is 0 Å². The largest absolute Gasteiger partial charge is 0.357 e. The number of hydrogen-bond donors (Lipinski definition) is 2. The molecule has 3 nitrogen and oxygen atoms in total. The van der Waals surface area contributed by atoms with Gasteiger partial charge >= 0.3 is 0 Å². The quantitative estimate of drug-likeness (QED) is 0.873. The molecule has 0 fully saturated rings. The van der Waals surface area contributed by atoms with Gasteiger partial charge in [0.2, 0.25) is 0 Å². The lowest BCUT2D eigenvalue weighted by Gasteiger charge is -2.06. The Labute approximate surface area is 106 Å². The summed E-state index contributed by atoms with van der Waals surface area (Å²) in [6.45, 7) is 0. The van der Waals surface area contributed by atoms with E-state index in [-0.39, 0.29) is 5.91 Å². The highest BCUT2D eigenvalue weighted by Gasteiger charge is 2.08. The third kappa shape index (κ3) is 2.46. The van der Waals surface area contributed by atoms with Gasteiger partial charge in [-0.2, -0.15) is 0 Å². The molecule has 0 saturated carbocycles. The van der Waals surface area contributed by atoms with E-state index in [1.807, 2.05) is 0 Å². The zero-order valence-corrected chi connectivity index (χ0v) is 10.5. The predicted octanol–water partition coefficient (Wildman–Crippen LogP) is 3.68. The number of aromatic nitrogens is 1. The van der Waals surface area contributed by atoms with Crippen LogP contribution in [0.25, 0.3) is 0 Å². The summed E-state index contributed by atoms with van der Waals surface area (Å²) in [6.07, 6.45) is 1.70. The number of aromatic amines is 1. The van der Waals surface area contributed by atoms with E-state index < -0.39 is 0 Å². The van der Waals surface area contributed by atoms with Gasteiger partial charge in [-0.05, 0) is 46.3 Å². The van der Waals surface area contributed by atoms with Crippen LogP contribution in [0, 0.1) is 0 Å². The first kappa shape index (κ1) is 11.2. The van der Waals surface area contributed by atoms with Crippen molar-refractivity contribution in [3.63, 3.8) is 0 Å². The van der Waals surface area contributed by atoms with Gasteiger partial charge in [0.05, 0.1) is 5.69 Å². The van der Waals surface area contributed by atoms with E-state index in [2.05, 4.69) is 26.2 Å². The molecule has 1 amide bonds. The number of benzene rings is 1. The zero-order chi connectivity index (χ0) is 11.5. The van der Waals surface area contributed by atoms with Gasteiger partial charge < -0.3 is 10.3 Å². The molecule has 0 unspecified atom stereocenters. The highest BCUT2D eigenvalue weighted by molar-refractivity contribution is 9.10. The van der Waals surface area contributed by atoms with E-state index >= 15 is 0 Å². The first-order valence-electron chi connectivity index (χ1n) is 4.56. The van der Waals surface area contributed by atoms with Crippen LogP contribution in [-0.4, -0.2) is 10.9 Å². The van der Waals surface area contributed by atoms with E-state index in [0.717, 1.165) is 4.47 Å². The second-order valence-electron chi connectivity index (χ2n) is 3.16. The Balaban J connectivity index is 2.18. The summed E-state index contributed by atoms with van der Waals surface area (Å²) in [4.78, 5) is 14.6. The summed E-state index contributed by atoms with van der Waals surface area (Å²) in [6, 6.07) is 8.67. The summed E-state index contributed by atoms with van der Waals surface area (Å²) in [5, 5.41) is 3.38. The van der Waals surface area contributed by atoms with E-state index in [1.165, 1.54) is 0 Å². The topological polar surface area (TPSA) is 44.9 Å². The van der Waals surface area contributed by atoms with Crippen LogP contribution in [0.5, 0.6) is 0 Å². The minimum atomic E-state index is -0.187. The summed E-state index contributed by atoms with van der Waals surface area (Å²) in [5.74, 6) is -0.187. The van der Waals surface area contributed by atoms with Gasteiger partial charge in [-0.25, -0.2) is 0 Å². The SMILES string of the molecule is O=C(Nc1ccc(Cl)cc1Br)c1ccc[nH]1. The molecule has 2 N–H and O–H groups in total. The van der Waals surface area contributed by atoms with Crippen molar-refractivity contribution in [1.29, 1.82) is 0 Å². The van der Waals surface area contributed by atoms with Crippen LogP contribution >= 0.6 is 27.5 Å². The second-order valence-corrected chi connectivity index (χ2v) is 4.45. The number of carbonyl (C=O) groups excluding carboxylic acids is 1. The number of hydrogen-bond acceptors (Lipinski definition) is 1. The molecule has 0 saturated heterocycles. The Bertz CT molecular complexity index is 511. The molecule has 0 aliphatic rings. The van der Waals surface area contributed by atoms with Crippen molar-refractivity contribution in [3.05, 3.63) is 51.7 Å². The molecule has 0 aliphatic heterocycles. The molecule has 0 bridgehead atoms. The molecule has 0 radical (unpaired) electrons. The molecule has 5 heteroatoms.